The van der Waals surface area contributed by atoms with Crippen LogP contribution in [-0.4, -0.2) is 26.3 Å². The third-order valence-electron chi connectivity index (χ3n) is 3.78. The molecule has 3 nitrogen and oxygen atoms in total. The van der Waals surface area contributed by atoms with Gasteiger partial charge in [0.05, 0.1) is 6.61 Å². The average molecular weight is 300 g/mol. The summed E-state index contributed by atoms with van der Waals surface area (Å²) in [7, 11) is 1.61. The summed E-state index contributed by atoms with van der Waals surface area (Å²) >= 11 is 0. The van der Waals surface area contributed by atoms with Gasteiger partial charge in [0.25, 0.3) is 0 Å². The largest absolute Gasteiger partial charge is 0.463 e. The van der Waals surface area contributed by atoms with Crippen molar-refractivity contribution >= 4 is 5.97 Å². The van der Waals surface area contributed by atoms with Crippen molar-refractivity contribution in [1.82, 2.24) is 0 Å². The summed E-state index contributed by atoms with van der Waals surface area (Å²) in [6.45, 7) is 3.14. The lowest BCUT2D eigenvalue weighted by molar-refractivity contribution is -0.145. The van der Waals surface area contributed by atoms with E-state index in [1.54, 1.807) is 7.11 Å². The van der Waals surface area contributed by atoms with Crippen LogP contribution in [0, 0.1) is 0 Å². The maximum atomic E-state index is 11.3. The summed E-state index contributed by atoms with van der Waals surface area (Å²) in [5.41, 5.74) is 0. The van der Waals surface area contributed by atoms with Crippen LogP contribution in [0.15, 0.2) is 0 Å². The van der Waals surface area contributed by atoms with E-state index in [1.807, 2.05) is 0 Å². The molecule has 0 aliphatic heterocycles. The number of ether oxygens (including phenoxy) is 2. The number of unbranched alkanes of at least 4 members (excludes halogenated alkanes) is 11. The highest BCUT2D eigenvalue weighted by Gasteiger charge is 2.01. The minimum atomic E-state index is -0.0841. The summed E-state index contributed by atoms with van der Waals surface area (Å²) in [6.07, 6.45) is 16.3. The zero-order chi connectivity index (χ0) is 15.6. The first kappa shape index (κ1) is 20.4. The lowest BCUT2D eigenvalue weighted by Gasteiger charge is -2.04. The molecule has 0 atom stereocenters. The number of methoxy groups -OCH3 is 1. The summed E-state index contributed by atoms with van der Waals surface area (Å²) in [6, 6.07) is 0. The molecule has 0 aliphatic carbocycles. The first-order valence-electron chi connectivity index (χ1n) is 8.95. The van der Waals surface area contributed by atoms with E-state index in [9.17, 15) is 4.79 Å². The number of carbonyl (C=O) groups is 1. The summed E-state index contributed by atoms with van der Waals surface area (Å²) in [4.78, 5) is 11.3. The van der Waals surface area contributed by atoms with Crippen LogP contribution < -0.4 is 0 Å². The molecular formula is C18H36O3. The third-order valence-corrected chi connectivity index (χ3v) is 3.78. The summed E-state index contributed by atoms with van der Waals surface area (Å²) in [5, 5.41) is 0. The van der Waals surface area contributed by atoms with E-state index in [4.69, 9.17) is 9.47 Å². The summed E-state index contributed by atoms with van der Waals surface area (Å²) < 4.78 is 9.85. The zero-order valence-electron chi connectivity index (χ0n) is 14.3. The van der Waals surface area contributed by atoms with E-state index in [-0.39, 0.29) is 5.97 Å². The molecule has 0 rings (SSSR count). The molecule has 0 aromatic heterocycles. The maximum Gasteiger partial charge on any atom is 0.305 e. The topological polar surface area (TPSA) is 35.5 Å². The van der Waals surface area contributed by atoms with Gasteiger partial charge in [-0.1, -0.05) is 77.6 Å². The van der Waals surface area contributed by atoms with Crippen LogP contribution in [0.4, 0.5) is 0 Å². The van der Waals surface area contributed by atoms with Crippen molar-refractivity contribution in [1.29, 1.82) is 0 Å². The van der Waals surface area contributed by atoms with Crippen LogP contribution in [0.1, 0.15) is 90.4 Å². The Morgan fingerprint density at radius 1 is 0.714 bits per heavy atom. The lowest BCUT2D eigenvalue weighted by atomic mass is 10.0. The molecule has 3 heteroatoms. The van der Waals surface area contributed by atoms with Crippen LogP contribution in [-0.2, 0) is 14.3 Å². The second-order valence-electron chi connectivity index (χ2n) is 5.85. The van der Waals surface area contributed by atoms with E-state index in [2.05, 4.69) is 6.92 Å². The van der Waals surface area contributed by atoms with E-state index in [1.165, 1.54) is 64.2 Å². The molecule has 0 fully saturated rings. The van der Waals surface area contributed by atoms with Crippen molar-refractivity contribution in [3.05, 3.63) is 0 Å². The van der Waals surface area contributed by atoms with Crippen LogP contribution >= 0.6 is 0 Å². The fourth-order valence-corrected chi connectivity index (χ4v) is 2.42. The Labute approximate surface area is 131 Å². The van der Waals surface area contributed by atoms with Gasteiger partial charge in [-0.25, -0.2) is 0 Å². The lowest BCUT2D eigenvalue weighted by Crippen LogP contribution is -2.09. The second kappa shape index (κ2) is 17.5. The summed E-state index contributed by atoms with van der Waals surface area (Å²) in [5.74, 6) is -0.0841. The first-order chi connectivity index (χ1) is 10.3. The second-order valence-corrected chi connectivity index (χ2v) is 5.85. The van der Waals surface area contributed by atoms with Crippen LogP contribution in [0.5, 0.6) is 0 Å². The number of esters is 1. The molecule has 21 heavy (non-hydrogen) atoms. The molecule has 0 spiro atoms. The Bertz CT molecular complexity index is 217. The van der Waals surface area contributed by atoms with Gasteiger partial charge >= 0.3 is 5.97 Å². The van der Waals surface area contributed by atoms with Gasteiger partial charge in [0.15, 0.2) is 0 Å². The molecule has 0 amide bonds. The molecule has 126 valence electrons. The molecule has 0 saturated carbocycles. The van der Waals surface area contributed by atoms with Crippen LogP contribution in [0.3, 0.4) is 0 Å². The molecule has 0 bridgehead atoms. The predicted molar refractivity (Wildman–Crippen MR) is 88.5 cm³/mol. The Balaban J connectivity index is 3.06. The first-order valence-corrected chi connectivity index (χ1v) is 8.95. The highest BCUT2D eigenvalue weighted by molar-refractivity contribution is 5.69. The SMILES string of the molecule is CCCCCCCCCCCCCCC(=O)OCCOC. The van der Waals surface area contributed by atoms with Gasteiger partial charge in [-0.05, 0) is 6.42 Å². The predicted octanol–water partition coefficient (Wildman–Crippen LogP) is 5.27. The number of hydrogen-bond donors (Lipinski definition) is 0. The van der Waals surface area contributed by atoms with Crippen molar-refractivity contribution in [2.24, 2.45) is 0 Å². The molecular weight excluding hydrogens is 264 g/mol. The van der Waals surface area contributed by atoms with Gasteiger partial charge in [-0.15, -0.1) is 0 Å². The highest BCUT2D eigenvalue weighted by atomic mass is 16.6. The zero-order valence-corrected chi connectivity index (χ0v) is 14.3. The number of carbonyl (C=O) groups excluding carboxylic acids is 1. The van der Waals surface area contributed by atoms with Gasteiger partial charge in [0.2, 0.25) is 0 Å². The van der Waals surface area contributed by atoms with E-state index >= 15 is 0 Å². The number of hydrogen-bond acceptors (Lipinski definition) is 3. The Hall–Kier alpha value is -0.570. The molecule has 0 heterocycles. The molecule has 0 N–H and O–H groups in total. The van der Waals surface area contributed by atoms with Crippen molar-refractivity contribution in [2.75, 3.05) is 20.3 Å². The quantitative estimate of drug-likeness (QED) is 0.288. The molecule has 0 aliphatic rings. The Kier molecular flexibility index (Phi) is 17.0. The third kappa shape index (κ3) is 17.4. The maximum absolute atomic E-state index is 11.3. The molecule has 0 saturated heterocycles. The van der Waals surface area contributed by atoms with Crippen molar-refractivity contribution < 1.29 is 14.3 Å². The number of rotatable bonds is 16. The van der Waals surface area contributed by atoms with E-state index < -0.39 is 0 Å². The Morgan fingerprint density at radius 2 is 1.19 bits per heavy atom. The van der Waals surface area contributed by atoms with Crippen LogP contribution in [0.25, 0.3) is 0 Å². The molecule has 0 unspecified atom stereocenters. The smallest absolute Gasteiger partial charge is 0.305 e. The fourth-order valence-electron chi connectivity index (χ4n) is 2.42. The normalized spacial score (nSPS) is 10.8. The van der Waals surface area contributed by atoms with Gasteiger partial charge < -0.3 is 9.47 Å². The monoisotopic (exact) mass is 300 g/mol. The van der Waals surface area contributed by atoms with E-state index in [0.29, 0.717) is 19.6 Å². The molecule has 0 aromatic rings. The van der Waals surface area contributed by atoms with Gasteiger partial charge in [0, 0.05) is 13.5 Å². The standard InChI is InChI=1S/C18H36O3/c1-3-4-5-6-7-8-9-10-11-12-13-14-15-18(19)21-17-16-20-2/h3-17H2,1-2H3. The molecule has 0 radical (unpaired) electrons. The van der Waals surface area contributed by atoms with Gasteiger partial charge in [-0.2, -0.15) is 0 Å². The van der Waals surface area contributed by atoms with Gasteiger partial charge in [0.1, 0.15) is 6.61 Å². The van der Waals surface area contributed by atoms with E-state index in [0.717, 1.165) is 12.8 Å². The Morgan fingerprint density at radius 3 is 1.67 bits per heavy atom. The van der Waals surface area contributed by atoms with Crippen LogP contribution in [0.2, 0.25) is 0 Å². The van der Waals surface area contributed by atoms with Crippen molar-refractivity contribution in [2.45, 2.75) is 90.4 Å². The average Bonchev–Trinajstić information content (AvgIpc) is 2.48. The molecule has 0 aromatic carbocycles. The van der Waals surface area contributed by atoms with Gasteiger partial charge in [-0.3, -0.25) is 4.79 Å². The fraction of sp³-hybridized carbons (Fsp3) is 0.944. The minimum absolute atomic E-state index is 0.0841. The van der Waals surface area contributed by atoms with Crippen molar-refractivity contribution in [3.8, 4) is 0 Å². The van der Waals surface area contributed by atoms with Crippen molar-refractivity contribution in [3.63, 3.8) is 0 Å². The highest BCUT2D eigenvalue weighted by Crippen LogP contribution is 2.12. The minimum Gasteiger partial charge on any atom is -0.463 e.